The van der Waals surface area contributed by atoms with Gasteiger partial charge in [0, 0.05) is 5.56 Å². The zero-order valence-electron chi connectivity index (χ0n) is 13.2. The SMILES string of the molecule is COc1ccc(C[NH2+][C@@H]2CC(=O)N(c3ccc(F)cc3)C2=O)cc1. The van der Waals surface area contributed by atoms with E-state index in [4.69, 9.17) is 4.74 Å². The first-order valence-corrected chi connectivity index (χ1v) is 7.67. The molecule has 0 radical (unpaired) electrons. The lowest BCUT2D eigenvalue weighted by Gasteiger charge is -2.14. The molecule has 1 atom stereocenters. The van der Waals surface area contributed by atoms with Crippen molar-refractivity contribution in [3.63, 3.8) is 0 Å². The van der Waals surface area contributed by atoms with Gasteiger partial charge >= 0.3 is 0 Å². The molecule has 6 heteroatoms. The maximum atomic E-state index is 13.0. The maximum absolute atomic E-state index is 13.0. The van der Waals surface area contributed by atoms with E-state index in [1.165, 1.54) is 24.3 Å². The van der Waals surface area contributed by atoms with Crippen LogP contribution in [-0.4, -0.2) is 25.0 Å². The third-order valence-corrected chi connectivity index (χ3v) is 4.06. The minimum absolute atomic E-state index is 0.145. The van der Waals surface area contributed by atoms with Crippen molar-refractivity contribution in [1.29, 1.82) is 0 Å². The quantitative estimate of drug-likeness (QED) is 0.839. The Morgan fingerprint density at radius 3 is 2.42 bits per heavy atom. The largest absolute Gasteiger partial charge is 0.497 e. The molecule has 1 saturated heterocycles. The van der Waals surface area contributed by atoms with Crippen molar-refractivity contribution in [1.82, 2.24) is 0 Å². The van der Waals surface area contributed by atoms with Crippen LogP contribution in [0.2, 0.25) is 0 Å². The van der Waals surface area contributed by atoms with Gasteiger partial charge in [-0.2, -0.15) is 0 Å². The lowest BCUT2D eigenvalue weighted by molar-refractivity contribution is -0.690. The topological polar surface area (TPSA) is 63.2 Å². The molecule has 1 aliphatic heterocycles. The predicted octanol–water partition coefficient (Wildman–Crippen LogP) is 1.23. The summed E-state index contributed by atoms with van der Waals surface area (Å²) in [6.45, 7) is 0.588. The van der Waals surface area contributed by atoms with Crippen molar-refractivity contribution in [2.45, 2.75) is 19.0 Å². The van der Waals surface area contributed by atoms with Gasteiger partial charge in [0.15, 0.2) is 6.04 Å². The van der Waals surface area contributed by atoms with Gasteiger partial charge in [-0.15, -0.1) is 0 Å². The lowest BCUT2D eigenvalue weighted by Crippen LogP contribution is -2.90. The number of amides is 2. The van der Waals surface area contributed by atoms with Crippen LogP contribution in [0.3, 0.4) is 0 Å². The van der Waals surface area contributed by atoms with Crippen molar-refractivity contribution in [2.24, 2.45) is 0 Å². The molecule has 0 saturated carbocycles. The number of hydrogen-bond acceptors (Lipinski definition) is 3. The molecule has 1 heterocycles. The fraction of sp³-hybridized carbons (Fsp3) is 0.222. The average molecular weight is 329 g/mol. The summed E-state index contributed by atoms with van der Waals surface area (Å²) in [6.07, 6.45) is 0.145. The summed E-state index contributed by atoms with van der Waals surface area (Å²) in [5, 5.41) is 1.85. The highest BCUT2D eigenvalue weighted by Gasteiger charge is 2.42. The monoisotopic (exact) mass is 329 g/mol. The molecule has 2 aromatic rings. The van der Waals surface area contributed by atoms with Crippen LogP contribution >= 0.6 is 0 Å². The summed E-state index contributed by atoms with van der Waals surface area (Å²) in [5.41, 5.74) is 1.45. The molecule has 0 aliphatic carbocycles. The molecule has 1 fully saturated rings. The van der Waals surface area contributed by atoms with Gasteiger partial charge in [0.25, 0.3) is 5.91 Å². The predicted molar refractivity (Wildman–Crippen MR) is 85.9 cm³/mol. The first-order valence-electron chi connectivity index (χ1n) is 7.67. The molecule has 124 valence electrons. The second kappa shape index (κ2) is 6.80. The van der Waals surface area contributed by atoms with Crippen LogP contribution < -0.4 is 15.0 Å². The van der Waals surface area contributed by atoms with Gasteiger partial charge in [0.05, 0.1) is 19.2 Å². The van der Waals surface area contributed by atoms with Crippen LogP contribution in [0.15, 0.2) is 48.5 Å². The van der Waals surface area contributed by atoms with Gasteiger partial charge in [0.1, 0.15) is 18.1 Å². The second-order valence-corrected chi connectivity index (χ2v) is 5.64. The number of nitrogens with zero attached hydrogens (tertiary/aromatic N) is 1. The summed E-state index contributed by atoms with van der Waals surface area (Å²) in [7, 11) is 1.61. The van der Waals surface area contributed by atoms with Gasteiger partial charge in [-0.05, 0) is 48.5 Å². The standard InChI is InChI=1S/C18H17FN2O3/c1-24-15-8-2-12(3-9-15)11-20-16-10-17(22)21(18(16)23)14-6-4-13(19)5-7-14/h2-9,16,20H,10-11H2,1H3/p+1/t16-/m1/s1. The summed E-state index contributed by atoms with van der Waals surface area (Å²) >= 11 is 0. The summed E-state index contributed by atoms with van der Waals surface area (Å²) in [5.74, 6) is -0.156. The summed E-state index contributed by atoms with van der Waals surface area (Å²) in [6, 6.07) is 12.5. The number of methoxy groups -OCH3 is 1. The Balaban J connectivity index is 1.66. The number of halogens is 1. The number of ether oxygens (including phenoxy) is 1. The van der Waals surface area contributed by atoms with Gasteiger partial charge < -0.3 is 10.1 Å². The maximum Gasteiger partial charge on any atom is 0.292 e. The van der Waals surface area contributed by atoms with Crippen molar-refractivity contribution in [2.75, 3.05) is 12.0 Å². The zero-order valence-corrected chi connectivity index (χ0v) is 13.2. The number of nitrogens with two attached hydrogens (primary N) is 1. The van der Waals surface area contributed by atoms with E-state index < -0.39 is 11.9 Å². The molecule has 2 N–H and O–H groups in total. The minimum atomic E-state index is -0.454. The van der Waals surface area contributed by atoms with E-state index >= 15 is 0 Å². The molecule has 5 nitrogen and oxygen atoms in total. The molecule has 24 heavy (non-hydrogen) atoms. The molecule has 0 spiro atoms. The van der Waals surface area contributed by atoms with Crippen LogP contribution in [0.5, 0.6) is 5.75 Å². The van der Waals surface area contributed by atoms with Crippen molar-refractivity contribution in [3.8, 4) is 5.75 Å². The molecule has 0 unspecified atom stereocenters. The van der Waals surface area contributed by atoms with E-state index in [-0.39, 0.29) is 18.2 Å². The molecular formula is C18H18FN2O3+. The van der Waals surface area contributed by atoms with E-state index in [1.807, 2.05) is 29.6 Å². The highest BCUT2D eigenvalue weighted by Crippen LogP contribution is 2.22. The number of imide groups is 1. The Morgan fingerprint density at radius 2 is 1.79 bits per heavy atom. The Labute approximate surface area is 139 Å². The molecule has 0 aromatic heterocycles. The Bertz CT molecular complexity index is 744. The van der Waals surface area contributed by atoms with E-state index in [9.17, 15) is 14.0 Å². The van der Waals surface area contributed by atoms with Crippen molar-refractivity contribution >= 4 is 17.5 Å². The van der Waals surface area contributed by atoms with Gasteiger partial charge in [-0.1, -0.05) is 0 Å². The van der Waals surface area contributed by atoms with Crippen LogP contribution in [0.4, 0.5) is 10.1 Å². The zero-order chi connectivity index (χ0) is 17.1. The number of carbonyl (C=O) groups is 2. The van der Waals surface area contributed by atoms with Gasteiger partial charge in [-0.3, -0.25) is 9.59 Å². The highest BCUT2D eigenvalue weighted by molar-refractivity contribution is 6.21. The van der Waals surface area contributed by atoms with E-state index in [1.54, 1.807) is 7.11 Å². The van der Waals surface area contributed by atoms with E-state index in [2.05, 4.69) is 0 Å². The fourth-order valence-electron chi connectivity index (χ4n) is 2.74. The van der Waals surface area contributed by atoms with E-state index in [0.29, 0.717) is 12.2 Å². The van der Waals surface area contributed by atoms with E-state index in [0.717, 1.165) is 16.2 Å². The number of quaternary nitrogens is 1. The van der Waals surface area contributed by atoms with Gasteiger partial charge in [-0.25, -0.2) is 9.29 Å². The first kappa shape index (κ1) is 16.1. The van der Waals surface area contributed by atoms with Crippen LogP contribution in [0.1, 0.15) is 12.0 Å². The molecule has 2 aromatic carbocycles. The Morgan fingerprint density at radius 1 is 1.12 bits per heavy atom. The first-order chi connectivity index (χ1) is 11.6. The highest BCUT2D eigenvalue weighted by atomic mass is 19.1. The number of hydrogen-bond donors (Lipinski definition) is 1. The smallest absolute Gasteiger partial charge is 0.292 e. The normalized spacial score (nSPS) is 17.4. The number of anilines is 1. The summed E-state index contributed by atoms with van der Waals surface area (Å²) < 4.78 is 18.1. The molecule has 3 rings (SSSR count). The average Bonchev–Trinajstić information content (AvgIpc) is 2.88. The third-order valence-electron chi connectivity index (χ3n) is 4.06. The third kappa shape index (κ3) is 3.28. The minimum Gasteiger partial charge on any atom is -0.497 e. The van der Waals surface area contributed by atoms with Crippen LogP contribution in [-0.2, 0) is 16.1 Å². The lowest BCUT2D eigenvalue weighted by atomic mass is 10.2. The van der Waals surface area contributed by atoms with Gasteiger partial charge in [0.2, 0.25) is 5.91 Å². The Hall–Kier alpha value is -2.73. The second-order valence-electron chi connectivity index (χ2n) is 5.64. The van der Waals surface area contributed by atoms with Crippen LogP contribution in [0.25, 0.3) is 0 Å². The summed E-state index contributed by atoms with van der Waals surface area (Å²) in [4.78, 5) is 25.8. The molecular weight excluding hydrogens is 311 g/mol. The number of rotatable bonds is 5. The van der Waals surface area contributed by atoms with Crippen molar-refractivity contribution < 1.29 is 24.0 Å². The van der Waals surface area contributed by atoms with Crippen LogP contribution in [0, 0.1) is 5.82 Å². The Kier molecular flexibility index (Phi) is 4.57. The molecule has 0 bridgehead atoms. The number of benzene rings is 2. The molecule has 2 amide bonds. The fourth-order valence-corrected chi connectivity index (χ4v) is 2.74. The van der Waals surface area contributed by atoms with Crippen molar-refractivity contribution in [3.05, 3.63) is 59.9 Å². The molecule has 1 aliphatic rings. The number of carbonyl (C=O) groups excluding carboxylic acids is 2.